The zero-order valence-corrected chi connectivity index (χ0v) is 25.3. The number of ether oxygens (including phenoxy) is 2. The summed E-state index contributed by atoms with van der Waals surface area (Å²) >= 11 is 1.93. The van der Waals surface area contributed by atoms with E-state index in [1.165, 1.54) is 12.1 Å². The van der Waals surface area contributed by atoms with E-state index in [1.807, 2.05) is 22.6 Å². The van der Waals surface area contributed by atoms with Crippen molar-refractivity contribution in [3.63, 3.8) is 0 Å². The lowest BCUT2D eigenvalue weighted by Gasteiger charge is -2.31. The third-order valence-electron chi connectivity index (χ3n) is 4.02. The molecule has 19 heteroatoms. The summed E-state index contributed by atoms with van der Waals surface area (Å²) < 4.78 is 134. The van der Waals surface area contributed by atoms with Crippen molar-refractivity contribution in [2.24, 2.45) is 0 Å². The van der Waals surface area contributed by atoms with E-state index < -0.39 is 75.1 Å². The number of hydrogen-bond acceptors (Lipinski definition) is 6. The van der Waals surface area contributed by atoms with Crippen molar-refractivity contribution in [3.8, 4) is 0 Å². The molecular formula is C26H40F10INO7. The third-order valence-corrected chi connectivity index (χ3v) is 4.69. The molecular weight excluding hydrogens is 755 g/mol. The molecule has 2 rings (SSSR count). The van der Waals surface area contributed by atoms with Crippen LogP contribution in [-0.4, -0.2) is 86.8 Å². The Morgan fingerprint density at radius 1 is 0.822 bits per heavy atom. The highest BCUT2D eigenvalue weighted by molar-refractivity contribution is 14.1. The Labute approximate surface area is 270 Å². The van der Waals surface area contributed by atoms with Gasteiger partial charge in [-0.3, -0.25) is 18.8 Å². The van der Waals surface area contributed by atoms with Crippen LogP contribution in [0, 0.1) is 3.57 Å². The van der Waals surface area contributed by atoms with E-state index in [1.54, 1.807) is 6.07 Å². The van der Waals surface area contributed by atoms with Crippen LogP contribution in [0.4, 0.5) is 43.9 Å². The minimum absolute atomic E-state index is 0. The molecule has 0 amide bonds. The highest BCUT2D eigenvalue weighted by atomic mass is 127. The molecule has 2 N–H and O–H groups in total. The molecule has 8 nitrogen and oxygen atoms in total. The van der Waals surface area contributed by atoms with Gasteiger partial charge in [-0.15, -0.1) is 0 Å². The molecule has 2 atom stereocenters. The predicted molar refractivity (Wildman–Crippen MR) is 152 cm³/mol. The van der Waals surface area contributed by atoms with Crippen LogP contribution in [0.3, 0.4) is 0 Å². The minimum Gasteiger partial charge on any atom is -0.870 e. The van der Waals surface area contributed by atoms with Gasteiger partial charge in [0.1, 0.15) is 31.5 Å². The van der Waals surface area contributed by atoms with Gasteiger partial charge in [0.2, 0.25) is 0 Å². The van der Waals surface area contributed by atoms with E-state index in [0.717, 1.165) is 4.48 Å². The predicted octanol–water partition coefficient (Wildman–Crippen LogP) is 8.19. The van der Waals surface area contributed by atoms with Gasteiger partial charge in [0.25, 0.3) is 0 Å². The Balaban J connectivity index is -0.000000246. The van der Waals surface area contributed by atoms with Gasteiger partial charge in [-0.25, -0.2) is 0 Å². The van der Waals surface area contributed by atoms with Crippen molar-refractivity contribution in [2.45, 2.75) is 77.7 Å². The number of alkyl halides is 10. The maximum atomic E-state index is 12.3. The Kier molecular flexibility index (Phi) is 24.4. The fourth-order valence-electron chi connectivity index (χ4n) is 2.88. The van der Waals surface area contributed by atoms with Crippen molar-refractivity contribution < 1.29 is 84.2 Å². The topological polar surface area (TPSA) is 120 Å². The van der Waals surface area contributed by atoms with E-state index in [0.29, 0.717) is 14.7 Å². The van der Waals surface area contributed by atoms with Crippen LogP contribution >= 0.6 is 22.6 Å². The average Bonchev–Trinajstić information content (AvgIpc) is 2.70. The Morgan fingerprint density at radius 3 is 1.40 bits per heavy atom. The summed E-state index contributed by atoms with van der Waals surface area (Å²) in [5.74, 6) is -4.76. The molecule has 0 aromatic heterocycles. The van der Waals surface area contributed by atoms with Gasteiger partial charge in [0.15, 0.2) is 0 Å². The van der Waals surface area contributed by atoms with E-state index >= 15 is 0 Å². The number of carbonyl (C=O) groups is 3. The van der Waals surface area contributed by atoms with Gasteiger partial charge in [0, 0.05) is 9.13 Å². The Morgan fingerprint density at radius 2 is 1.13 bits per heavy atom. The molecule has 1 aromatic rings. The Bertz CT molecular complexity index is 1030. The molecule has 1 aliphatic carbocycles. The number of aliphatic carboxylic acids is 1. The van der Waals surface area contributed by atoms with Gasteiger partial charge >= 0.3 is 36.4 Å². The number of carbonyl (C=O) groups excluding carboxylic acids is 2. The van der Waals surface area contributed by atoms with Crippen LogP contribution in [0.1, 0.15) is 71.7 Å². The first-order valence-electron chi connectivity index (χ1n) is 12.1. The number of esters is 2. The van der Waals surface area contributed by atoms with Crippen LogP contribution in [0.15, 0.2) is 18.2 Å². The highest BCUT2D eigenvalue weighted by Crippen LogP contribution is 2.41. The molecule has 268 valence electrons. The van der Waals surface area contributed by atoms with Crippen molar-refractivity contribution in [1.29, 1.82) is 0 Å². The van der Waals surface area contributed by atoms with E-state index in [-0.39, 0.29) is 33.2 Å². The maximum Gasteiger partial charge on any atom is 0.399 e. The standard InChI is InChI=1S/C16H13F6IO4.C4H12N.C3H3F3O2.CH3F.2CH4.H2O/c17-15(18,19)6-13(24)26-11-3-4-12(27-14(25)7-16(20,21)22)10-5-8(23)1-2-9(10)11;1-5(2,3)4;4-3(5,6)1-2(7)8;1-2;;;/h1-2,5,11-12H,3-4,6-7H2;1-4H3;1H2,(H,7,8);1H3;2*1H4;1H2/q;+1;;;;;/p-1/i;;;1D;;;. The number of rotatable bonds is 5. The fourth-order valence-corrected chi connectivity index (χ4v) is 3.39. The molecule has 0 fully saturated rings. The number of nitrogens with zero attached hydrogens (tertiary/aromatic N) is 1. The molecule has 0 heterocycles. The summed E-state index contributed by atoms with van der Waals surface area (Å²) in [4.78, 5) is 32.2. The molecule has 0 saturated heterocycles. The summed E-state index contributed by atoms with van der Waals surface area (Å²) in [6.45, 7) is 0. The summed E-state index contributed by atoms with van der Waals surface area (Å²) in [6, 6.07) is 4.63. The second kappa shape index (κ2) is 22.2. The number of quaternary nitrogens is 1. The lowest BCUT2D eigenvalue weighted by atomic mass is 9.87. The quantitative estimate of drug-likeness (QED) is 0.138. The lowest BCUT2D eigenvalue weighted by Crippen LogP contribution is -2.27. The molecule has 1 aliphatic rings. The van der Waals surface area contributed by atoms with Crippen LogP contribution < -0.4 is 0 Å². The van der Waals surface area contributed by atoms with Crippen LogP contribution in [0.25, 0.3) is 0 Å². The first-order valence-corrected chi connectivity index (χ1v) is 12.5. The maximum absolute atomic E-state index is 12.3. The van der Waals surface area contributed by atoms with Gasteiger partial charge < -0.3 is 24.5 Å². The fraction of sp³-hybridized carbons (Fsp3) is 0.654. The normalized spacial score (nSPS) is 15.8. The van der Waals surface area contributed by atoms with E-state index in [2.05, 4.69) is 28.2 Å². The zero-order valence-electron chi connectivity index (χ0n) is 24.2. The van der Waals surface area contributed by atoms with Crippen molar-refractivity contribution in [3.05, 3.63) is 32.9 Å². The Hall–Kier alpha value is -2.42. The first kappa shape index (κ1) is 49.5. The summed E-state index contributed by atoms with van der Waals surface area (Å²) in [5, 5.41) is 7.53. The van der Waals surface area contributed by atoms with Gasteiger partial charge in [-0.2, -0.15) is 39.5 Å². The van der Waals surface area contributed by atoms with E-state index in [4.69, 9.17) is 16.0 Å². The summed E-state index contributed by atoms with van der Waals surface area (Å²) in [5.41, 5.74) is 0.621. The number of fused-ring (bicyclic) bond motifs is 1. The minimum atomic E-state index is -4.71. The summed E-state index contributed by atoms with van der Waals surface area (Å²) in [6.07, 6.45) is -21.2. The monoisotopic (exact) mass is 796 g/mol. The van der Waals surface area contributed by atoms with Crippen molar-refractivity contribution in [1.82, 2.24) is 0 Å². The number of benzene rings is 1. The number of halogens is 11. The molecule has 0 spiro atoms. The average molecular weight is 796 g/mol. The number of carboxylic acids is 1. The second-order valence-corrected chi connectivity index (χ2v) is 11.0. The smallest absolute Gasteiger partial charge is 0.399 e. The molecule has 0 radical (unpaired) electrons. The largest absolute Gasteiger partial charge is 0.870 e. The van der Waals surface area contributed by atoms with Crippen LogP contribution in [0.2, 0.25) is 0 Å². The number of hydrogen-bond donors (Lipinski definition) is 1. The molecule has 0 aliphatic heterocycles. The third kappa shape index (κ3) is 30.0. The summed E-state index contributed by atoms with van der Waals surface area (Å²) in [7, 11) is 7.50. The van der Waals surface area contributed by atoms with Crippen LogP contribution in [-0.2, 0) is 23.9 Å². The van der Waals surface area contributed by atoms with Crippen molar-refractivity contribution in [2.75, 3.05) is 35.3 Å². The highest BCUT2D eigenvalue weighted by Gasteiger charge is 2.38. The molecule has 1 aromatic carbocycles. The molecule has 0 bridgehead atoms. The molecule has 45 heavy (non-hydrogen) atoms. The zero-order chi connectivity index (χ0) is 34.4. The van der Waals surface area contributed by atoms with Gasteiger partial charge in [0.05, 0.1) is 36.7 Å². The van der Waals surface area contributed by atoms with Crippen LogP contribution in [0.5, 0.6) is 0 Å². The van der Waals surface area contributed by atoms with Crippen molar-refractivity contribution >= 4 is 40.5 Å². The van der Waals surface area contributed by atoms with E-state index in [9.17, 15) is 58.3 Å². The first-order chi connectivity index (χ1) is 19.2. The molecule has 0 saturated carbocycles. The van der Waals surface area contributed by atoms with Gasteiger partial charge in [-0.1, -0.05) is 20.9 Å². The van der Waals surface area contributed by atoms with Gasteiger partial charge in [-0.05, 0) is 53.1 Å². The molecule has 2 unspecified atom stereocenters. The number of carboxylic acid groups (broad SMARTS) is 1. The lowest BCUT2D eigenvalue weighted by molar-refractivity contribution is -0.849. The second-order valence-electron chi connectivity index (χ2n) is 9.76. The SMILES string of the molecule is C.C.C[N+](C)(C)C.O=C(CC(F)(F)F)OC1CCC(OC(=O)CC(F)(F)F)c2cc(I)ccc21.O=C(O)CC(F)(F)F.[2H]CF.[OH-].